The Morgan fingerprint density at radius 3 is 1.79 bits per heavy atom. The average molecular weight is 506 g/mol. The molecule has 9 heteroatoms. The van der Waals surface area contributed by atoms with Crippen LogP contribution in [0.5, 0.6) is 34.5 Å². The number of aromatic hydroxyl groups is 6. The van der Waals surface area contributed by atoms with Gasteiger partial charge in [-0.1, -0.05) is 42.5 Å². The van der Waals surface area contributed by atoms with Crippen LogP contribution in [0.4, 0.5) is 0 Å². The van der Waals surface area contributed by atoms with Gasteiger partial charge in [0.2, 0.25) is 11.5 Å². The summed E-state index contributed by atoms with van der Waals surface area (Å²) in [4.78, 5) is 0. The fourth-order valence-electron chi connectivity index (χ4n) is 4.26. The standard InChI is InChI=1S/C24H17BBrNO6/c25-15-13-14-17(16(26)21(30)23(32)19(14)28)27(18(13)22(31)24(33)20(15)29)12-8-6-11(7-9-12)10-4-2-1-3-5-10/h1-9,28-33H,25H2. The van der Waals surface area contributed by atoms with Gasteiger partial charge in [-0.2, -0.15) is 0 Å². The minimum Gasteiger partial charge on any atom is -0.505 e. The summed E-state index contributed by atoms with van der Waals surface area (Å²) in [7, 11) is 1.51. The van der Waals surface area contributed by atoms with Crippen LogP contribution in [0.15, 0.2) is 59.1 Å². The van der Waals surface area contributed by atoms with Crippen LogP contribution < -0.4 is 5.46 Å². The summed E-state index contributed by atoms with van der Waals surface area (Å²) in [6.45, 7) is 0. The van der Waals surface area contributed by atoms with Crippen molar-refractivity contribution in [2.24, 2.45) is 0 Å². The molecule has 7 nitrogen and oxygen atoms in total. The molecule has 0 unspecified atom stereocenters. The molecule has 0 aliphatic heterocycles. The second kappa shape index (κ2) is 7.28. The zero-order chi connectivity index (χ0) is 23.6. The predicted molar refractivity (Wildman–Crippen MR) is 132 cm³/mol. The molecule has 6 N–H and O–H groups in total. The molecule has 0 radical (unpaired) electrons. The van der Waals surface area contributed by atoms with Crippen molar-refractivity contribution >= 4 is 51.0 Å². The molecule has 0 amide bonds. The number of benzene rings is 4. The Hall–Kier alpha value is -3.98. The van der Waals surface area contributed by atoms with E-state index in [-0.39, 0.29) is 31.7 Å². The van der Waals surface area contributed by atoms with E-state index in [1.807, 2.05) is 42.5 Å². The highest BCUT2D eigenvalue weighted by molar-refractivity contribution is 9.10. The molecule has 1 aromatic heterocycles. The van der Waals surface area contributed by atoms with Crippen molar-refractivity contribution in [2.45, 2.75) is 0 Å². The molecule has 0 aliphatic carbocycles. The van der Waals surface area contributed by atoms with Crippen molar-refractivity contribution in [2.75, 3.05) is 0 Å². The Morgan fingerprint density at radius 2 is 1.15 bits per heavy atom. The maximum atomic E-state index is 10.8. The van der Waals surface area contributed by atoms with E-state index in [1.54, 1.807) is 12.1 Å². The second-order valence-electron chi connectivity index (χ2n) is 7.73. The van der Waals surface area contributed by atoms with Crippen LogP contribution in [-0.2, 0) is 0 Å². The quantitative estimate of drug-likeness (QED) is 0.160. The molecule has 164 valence electrons. The molecule has 0 fully saturated rings. The predicted octanol–water partition coefficient (Wildman–Crippen LogP) is 3.71. The smallest absolute Gasteiger partial charge is 0.202 e. The van der Waals surface area contributed by atoms with E-state index in [0.717, 1.165) is 11.1 Å². The highest BCUT2D eigenvalue weighted by Crippen LogP contribution is 2.54. The third kappa shape index (κ3) is 2.82. The number of fused-ring (bicyclic) bond motifs is 3. The molecule has 5 rings (SSSR count). The molecule has 0 aliphatic rings. The van der Waals surface area contributed by atoms with Gasteiger partial charge in [0.1, 0.15) is 13.4 Å². The molecule has 4 aromatic carbocycles. The molecule has 5 aromatic rings. The summed E-state index contributed by atoms with van der Waals surface area (Å²) in [6, 6.07) is 17.1. The molecule has 0 saturated heterocycles. The van der Waals surface area contributed by atoms with Gasteiger partial charge in [-0.15, -0.1) is 0 Å². The number of hydrogen-bond donors (Lipinski definition) is 6. The minimum absolute atomic E-state index is 0.0638. The zero-order valence-electron chi connectivity index (χ0n) is 17.2. The highest BCUT2D eigenvalue weighted by atomic mass is 79.9. The first kappa shape index (κ1) is 20.9. The molecule has 33 heavy (non-hydrogen) atoms. The van der Waals surface area contributed by atoms with Crippen molar-refractivity contribution in [1.29, 1.82) is 0 Å². The Morgan fingerprint density at radius 1 is 0.576 bits per heavy atom. The largest absolute Gasteiger partial charge is 0.505 e. The number of nitrogens with zero attached hydrogens (tertiary/aromatic N) is 1. The zero-order valence-corrected chi connectivity index (χ0v) is 18.8. The van der Waals surface area contributed by atoms with Crippen molar-refractivity contribution in [3.8, 4) is 51.3 Å². The first-order valence-electron chi connectivity index (χ1n) is 9.93. The van der Waals surface area contributed by atoms with E-state index in [2.05, 4.69) is 15.9 Å². The molecular formula is C24H17BBrNO6. The summed E-state index contributed by atoms with van der Waals surface area (Å²) >= 11 is 3.28. The summed E-state index contributed by atoms with van der Waals surface area (Å²) in [5, 5.41) is 63.2. The molecule has 1 heterocycles. The second-order valence-corrected chi connectivity index (χ2v) is 8.52. The summed E-state index contributed by atoms with van der Waals surface area (Å²) in [6.07, 6.45) is 0. The number of hydrogen-bond acceptors (Lipinski definition) is 6. The first-order valence-corrected chi connectivity index (χ1v) is 10.7. The van der Waals surface area contributed by atoms with E-state index in [4.69, 9.17) is 0 Å². The number of rotatable bonds is 2. The number of phenols is 6. The highest BCUT2D eigenvalue weighted by Gasteiger charge is 2.29. The third-order valence-electron chi connectivity index (χ3n) is 5.91. The van der Waals surface area contributed by atoms with E-state index in [9.17, 15) is 30.6 Å². The molecule has 0 spiro atoms. The molecule has 0 saturated carbocycles. The van der Waals surface area contributed by atoms with Gasteiger partial charge in [0.15, 0.2) is 23.0 Å². The fourth-order valence-corrected chi connectivity index (χ4v) is 4.82. The van der Waals surface area contributed by atoms with Crippen molar-refractivity contribution < 1.29 is 30.6 Å². The number of halogens is 1. The Labute approximate surface area is 196 Å². The first-order chi connectivity index (χ1) is 15.7. The normalized spacial score (nSPS) is 11.4. The summed E-state index contributed by atoms with van der Waals surface area (Å²) < 4.78 is 1.60. The Balaban J connectivity index is 1.95. The monoisotopic (exact) mass is 505 g/mol. The molecular weight excluding hydrogens is 489 g/mol. The SMILES string of the molecule is Bc1c(O)c(O)c(O)c2c1c1c(O)c(O)c(O)c(Br)c1n2-c1ccc(-c2ccccc2)cc1. The van der Waals surface area contributed by atoms with Crippen LogP contribution >= 0.6 is 15.9 Å². The van der Waals surface area contributed by atoms with Gasteiger partial charge in [-0.05, 0) is 44.7 Å². The van der Waals surface area contributed by atoms with Crippen molar-refractivity contribution in [1.82, 2.24) is 4.57 Å². The maximum Gasteiger partial charge on any atom is 0.202 e. The van der Waals surface area contributed by atoms with Gasteiger partial charge in [-0.3, -0.25) is 0 Å². The Bertz CT molecular complexity index is 1500. The lowest BCUT2D eigenvalue weighted by atomic mass is 9.88. The van der Waals surface area contributed by atoms with Crippen LogP contribution in [0, 0.1) is 0 Å². The number of aromatic nitrogens is 1. The van der Waals surface area contributed by atoms with E-state index >= 15 is 0 Å². The van der Waals surface area contributed by atoms with Gasteiger partial charge >= 0.3 is 0 Å². The third-order valence-corrected chi connectivity index (χ3v) is 6.66. The lowest BCUT2D eigenvalue weighted by Gasteiger charge is -2.13. The molecule has 0 bridgehead atoms. The van der Waals surface area contributed by atoms with E-state index in [1.165, 1.54) is 12.4 Å². The van der Waals surface area contributed by atoms with Gasteiger partial charge in [0.05, 0.1) is 15.4 Å². The average Bonchev–Trinajstić information content (AvgIpc) is 3.20. The van der Waals surface area contributed by atoms with Gasteiger partial charge in [-0.25, -0.2) is 0 Å². The van der Waals surface area contributed by atoms with Crippen LogP contribution in [0.2, 0.25) is 0 Å². The van der Waals surface area contributed by atoms with E-state index in [0.29, 0.717) is 5.69 Å². The maximum absolute atomic E-state index is 10.8. The lowest BCUT2D eigenvalue weighted by molar-refractivity contribution is 0.370. The van der Waals surface area contributed by atoms with Crippen LogP contribution in [-0.4, -0.2) is 43.1 Å². The molecule has 0 atom stereocenters. The minimum atomic E-state index is -0.751. The fraction of sp³-hybridized carbons (Fsp3) is 0. The topological polar surface area (TPSA) is 126 Å². The van der Waals surface area contributed by atoms with Crippen LogP contribution in [0.1, 0.15) is 0 Å². The van der Waals surface area contributed by atoms with Crippen molar-refractivity contribution in [3.05, 3.63) is 59.1 Å². The lowest BCUT2D eigenvalue weighted by Crippen LogP contribution is -2.05. The van der Waals surface area contributed by atoms with Crippen molar-refractivity contribution in [3.63, 3.8) is 0 Å². The van der Waals surface area contributed by atoms with E-state index < -0.39 is 34.5 Å². The summed E-state index contributed by atoms with van der Waals surface area (Å²) in [5.74, 6) is -3.84. The number of phenolic OH excluding ortho intramolecular Hbond substituents is 6. The Kier molecular flexibility index (Phi) is 4.61. The van der Waals surface area contributed by atoms with Gasteiger partial charge in [0, 0.05) is 11.1 Å². The van der Waals surface area contributed by atoms with Gasteiger partial charge < -0.3 is 35.2 Å². The van der Waals surface area contributed by atoms with Crippen LogP contribution in [0.25, 0.3) is 38.6 Å². The summed E-state index contributed by atoms with van der Waals surface area (Å²) in [5.41, 5.74) is 2.99. The van der Waals surface area contributed by atoms with Crippen LogP contribution in [0.3, 0.4) is 0 Å². The van der Waals surface area contributed by atoms with Gasteiger partial charge in [0.25, 0.3) is 0 Å².